The number of hydrogen-bond donors (Lipinski definition) is 3. The van der Waals surface area contributed by atoms with Crippen LogP contribution in [0.25, 0.3) is 0 Å². The normalized spacial score (nSPS) is 19.5. The number of aliphatic hydroxyl groups excluding tert-OH is 1. The molecular formula is C40H69N5O7. The number of amides is 4. The smallest absolute Gasteiger partial charge is 0.245 e. The number of methoxy groups -OCH3 is 2. The number of ether oxygens (including phenoxy) is 2. The molecule has 52 heavy (non-hydrogen) atoms. The van der Waals surface area contributed by atoms with Crippen molar-refractivity contribution in [3.63, 3.8) is 0 Å². The van der Waals surface area contributed by atoms with Crippen molar-refractivity contribution in [3.8, 4) is 0 Å². The number of nitrogens with one attached hydrogen (secondary N) is 2. The fourth-order valence-electron chi connectivity index (χ4n) is 7.80. The highest BCUT2D eigenvalue weighted by Crippen LogP contribution is 2.30. The minimum absolute atomic E-state index is 0.0134. The van der Waals surface area contributed by atoms with Gasteiger partial charge in [-0.15, -0.1) is 0 Å². The van der Waals surface area contributed by atoms with E-state index < -0.39 is 42.3 Å². The highest BCUT2D eigenvalue weighted by Gasteiger charge is 2.43. The Labute approximate surface area is 313 Å². The number of nitrogens with zero attached hydrogens (tertiary/aromatic N) is 3. The molecule has 0 aliphatic carbocycles. The summed E-state index contributed by atoms with van der Waals surface area (Å²) in [5.74, 6) is -1.52. The lowest BCUT2D eigenvalue weighted by molar-refractivity contribution is -0.148. The molecule has 1 unspecified atom stereocenters. The molecule has 1 fully saturated rings. The summed E-state index contributed by atoms with van der Waals surface area (Å²) in [5, 5.41) is 16.0. The zero-order valence-corrected chi connectivity index (χ0v) is 33.9. The van der Waals surface area contributed by atoms with Crippen molar-refractivity contribution < 1.29 is 33.8 Å². The SMILES string of the molecule is CC[C@H](C)[C@@H]([C@@H](CC(=O)N1CCC[C@H]1[C@H](OC)[C@@H](C)C(=O)NC(CO)Cc1ccccc1)OC)N(C)C(=O)[C@@H](NC(=O)[C@H](C(C)C)N(C)C)C(C)C. The van der Waals surface area contributed by atoms with Gasteiger partial charge in [0.25, 0.3) is 0 Å². The molecule has 1 aliphatic rings. The molecule has 3 N–H and O–H groups in total. The van der Waals surface area contributed by atoms with Crippen LogP contribution < -0.4 is 10.6 Å². The summed E-state index contributed by atoms with van der Waals surface area (Å²) in [6.45, 7) is 14.0. The number of likely N-dealkylation sites (tertiary alicyclic amines) is 1. The van der Waals surface area contributed by atoms with E-state index in [-0.39, 0.29) is 60.5 Å². The molecule has 1 aromatic rings. The molecule has 1 heterocycles. The molecule has 296 valence electrons. The fraction of sp³-hybridized carbons (Fsp3) is 0.750. The van der Waals surface area contributed by atoms with Crippen LogP contribution in [-0.4, -0.2) is 134 Å². The third kappa shape index (κ3) is 12.0. The first-order valence-corrected chi connectivity index (χ1v) is 19.1. The van der Waals surface area contributed by atoms with Gasteiger partial charge in [0, 0.05) is 27.8 Å². The number of benzene rings is 1. The second-order valence-electron chi connectivity index (χ2n) is 15.5. The molecule has 0 spiro atoms. The van der Waals surface area contributed by atoms with Gasteiger partial charge >= 0.3 is 0 Å². The highest BCUT2D eigenvalue weighted by molar-refractivity contribution is 5.90. The van der Waals surface area contributed by atoms with Crippen LogP contribution in [0.3, 0.4) is 0 Å². The Morgan fingerprint density at radius 3 is 2.06 bits per heavy atom. The molecule has 2 rings (SSSR count). The fourth-order valence-corrected chi connectivity index (χ4v) is 7.80. The van der Waals surface area contributed by atoms with Gasteiger partial charge in [-0.3, -0.25) is 24.1 Å². The number of carbonyl (C=O) groups excluding carboxylic acids is 4. The molecule has 12 heteroatoms. The van der Waals surface area contributed by atoms with E-state index in [0.29, 0.717) is 19.4 Å². The molecule has 0 bridgehead atoms. The Balaban J connectivity index is 2.25. The zero-order chi connectivity index (χ0) is 39.3. The highest BCUT2D eigenvalue weighted by atomic mass is 16.5. The number of rotatable bonds is 21. The summed E-state index contributed by atoms with van der Waals surface area (Å²) in [4.78, 5) is 60.6. The lowest BCUT2D eigenvalue weighted by atomic mass is 9.89. The monoisotopic (exact) mass is 732 g/mol. The van der Waals surface area contributed by atoms with E-state index in [1.807, 2.05) is 90.9 Å². The molecule has 0 saturated carbocycles. The van der Waals surface area contributed by atoms with Crippen LogP contribution >= 0.6 is 0 Å². The Kier molecular flexibility index (Phi) is 18.7. The van der Waals surface area contributed by atoms with E-state index in [1.54, 1.807) is 38.0 Å². The van der Waals surface area contributed by atoms with Gasteiger partial charge in [0.15, 0.2) is 0 Å². The Morgan fingerprint density at radius 2 is 1.56 bits per heavy atom. The maximum absolute atomic E-state index is 14.2. The first-order valence-electron chi connectivity index (χ1n) is 19.1. The van der Waals surface area contributed by atoms with Crippen molar-refractivity contribution in [2.45, 2.75) is 123 Å². The van der Waals surface area contributed by atoms with Crippen molar-refractivity contribution in [3.05, 3.63) is 35.9 Å². The maximum atomic E-state index is 14.2. The minimum atomic E-state index is -0.755. The quantitative estimate of drug-likeness (QED) is 0.175. The molecular weight excluding hydrogens is 662 g/mol. The van der Waals surface area contributed by atoms with E-state index in [0.717, 1.165) is 18.4 Å². The van der Waals surface area contributed by atoms with E-state index in [4.69, 9.17) is 9.47 Å². The lowest BCUT2D eigenvalue weighted by Gasteiger charge is -2.41. The average molecular weight is 732 g/mol. The standard InChI is InChI=1S/C40H69N5O7/c1-13-27(6)36(44(10)40(50)34(25(2)3)42-39(49)35(26(4)5)43(8)9)32(51-11)23-33(47)45-21-17-20-31(45)37(52-12)28(7)38(48)41-30(24-46)22-29-18-15-14-16-19-29/h14-16,18-19,25-28,30-32,34-37,46H,13,17,20-24H2,1-12H3,(H,41,48)(H,42,49)/t27-,28+,30?,31-,32+,34-,35-,36-,37+/m0/s1. The summed E-state index contributed by atoms with van der Waals surface area (Å²) in [7, 11) is 8.58. The van der Waals surface area contributed by atoms with Crippen molar-refractivity contribution in [2.24, 2.45) is 23.7 Å². The summed E-state index contributed by atoms with van der Waals surface area (Å²) in [5.41, 5.74) is 1.01. The van der Waals surface area contributed by atoms with E-state index in [9.17, 15) is 24.3 Å². The number of carbonyl (C=O) groups is 4. The van der Waals surface area contributed by atoms with Crippen LogP contribution in [0.5, 0.6) is 0 Å². The maximum Gasteiger partial charge on any atom is 0.245 e. The van der Waals surface area contributed by atoms with Crippen molar-refractivity contribution in [2.75, 3.05) is 48.5 Å². The van der Waals surface area contributed by atoms with Crippen LogP contribution in [-0.2, 0) is 35.1 Å². The van der Waals surface area contributed by atoms with Crippen LogP contribution in [0.1, 0.15) is 79.7 Å². The number of hydrogen-bond acceptors (Lipinski definition) is 8. The number of aliphatic hydroxyl groups is 1. The molecule has 12 nitrogen and oxygen atoms in total. The third-order valence-corrected chi connectivity index (χ3v) is 10.8. The van der Waals surface area contributed by atoms with Crippen molar-refractivity contribution in [1.29, 1.82) is 0 Å². The van der Waals surface area contributed by atoms with Gasteiger partial charge in [0.05, 0.1) is 55.3 Å². The van der Waals surface area contributed by atoms with Gasteiger partial charge in [0.2, 0.25) is 23.6 Å². The topological polar surface area (TPSA) is 141 Å². The van der Waals surface area contributed by atoms with Gasteiger partial charge in [-0.2, -0.15) is 0 Å². The zero-order valence-electron chi connectivity index (χ0n) is 33.9. The molecule has 4 amide bonds. The van der Waals surface area contributed by atoms with Crippen LogP contribution in [0, 0.1) is 23.7 Å². The molecule has 9 atom stereocenters. The van der Waals surface area contributed by atoms with E-state index >= 15 is 0 Å². The molecule has 1 aliphatic heterocycles. The Bertz CT molecular complexity index is 1250. The van der Waals surface area contributed by atoms with Gasteiger partial charge < -0.3 is 35.0 Å². The molecule has 0 aromatic heterocycles. The second-order valence-corrected chi connectivity index (χ2v) is 15.5. The Morgan fingerprint density at radius 1 is 0.923 bits per heavy atom. The summed E-state index contributed by atoms with van der Waals surface area (Å²) < 4.78 is 11.9. The largest absolute Gasteiger partial charge is 0.394 e. The summed E-state index contributed by atoms with van der Waals surface area (Å²) in [6, 6.07) is 7.32. The molecule has 0 radical (unpaired) electrons. The van der Waals surface area contributed by atoms with Crippen LogP contribution in [0.4, 0.5) is 0 Å². The van der Waals surface area contributed by atoms with Crippen LogP contribution in [0.15, 0.2) is 30.3 Å². The molecule has 1 aromatic carbocycles. The Hall–Kier alpha value is -3.06. The van der Waals surface area contributed by atoms with Gasteiger partial charge in [0.1, 0.15) is 6.04 Å². The van der Waals surface area contributed by atoms with E-state index in [1.165, 1.54) is 0 Å². The predicted molar refractivity (Wildman–Crippen MR) is 204 cm³/mol. The third-order valence-electron chi connectivity index (χ3n) is 10.8. The van der Waals surface area contributed by atoms with E-state index in [2.05, 4.69) is 10.6 Å². The second kappa shape index (κ2) is 21.6. The van der Waals surface area contributed by atoms with Crippen molar-refractivity contribution in [1.82, 2.24) is 25.3 Å². The lowest BCUT2D eigenvalue weighted by Crippen LogP contribution is -2.59. The minimum Gasteiger partial charge on any atom is -0.394 e. The summed E-state index contributed by atoms with van der Waals surface area (Å²) >= 11 is 0. The van der Waals surface area contributed by atoms with Gasteiger partial charge in [-0.05, 0) is 56.7 Å². The summed E-state index contributed by atoms with van der Waals surface area (Å²) in [6.07, 6.45) is 1.54. The van der Waals surface area contributed by atoms with Crippen LogP contribution in [0.2, 0.25) is 0 Å². The first kappa shape index (κ1) is 45.1. The number of likely N-dealkylation sites (N-methyl/N-ethyl adjacent to an activating group) is 2. The van der Waals surface area contributed by atoms with Gasteiger partial charge in [-0.25, -0.2) is 0 Å². The predicted octanol–water partition coefficient (Wildman–Crippen LogP) is 3.35. The molecule has 1 saturated heterocycles. The van der Waals surface area contributed by atoms with Crippen molar-refractivity contribution >= 4 is 23.6 Å². The van der Waals surface area contributed by atoms with Gasteiger partial charge in [-0.1, -0.05) is 85.2 Å². The first-order chi connectivity index (χ1) is 24.5. The average Bonchev–Trinajstić information content (AvgIpc) is 3.59.